The predicted octanol–water partition coefficient (Wildman–Crippen LogP) is 1.07. The van der Waals surface area contributed by atoms with Crippen LogP contribution in [0.3, 0.4) is 0 Å². The molecular weight excluding hydrogens is 290 g/mol. The molecule has 7 heteroatoms. The van der Waals surface area contributed by atoms with E-state index in [-0.39, 0.29) is 17.3 Å². The van der Waals surface area contributed by atoms with Gasteiger partial charge in [0, 0.05) is 26.3 Å². The zero-order valence-corrected chi connectivity index (χ0v) is 13.8. The molecule has 0 aliphatic carbocycles. The highest BCUT2D eigenvalue weighted by Crippen LogP contribution is 2.20. The maximum Gasteiger partial charge on any atom is 0.243 e. The van der Waals surface area contributed by atoms with Crippen molar-refractivity contribution in [1.29, 1.82) is 0 Å². The number of anilines is 1. The number of benzene rings is 1. The number of nitrogens with zero attached hydrogens (tertiary/aromatic N) is 2. The van der Waals surface area contributed by atoms with Crippen LogP contribution in [0.15, 0.2) is 23.1 Å². The number of hydrogen-bond acceptors (Lipinski definition) is 4. The number of carbonyl (C=O) groups excluding carboxylic acids is 1. The van der Waals surface area contributed by atoms with E-state index in [1.807, 2.05) is 6.92 Å². The number of sulfonamides is 1. The SMILES string of the molecule is CCCN(CC(=O)N(C)C)S(=O)(=O)c1ccc(N)c(C)c1. The first kappa shape index (κ1) is 17.5. The van der Waals surface area contributed by atoms with Crippen molar-refractivity contribution in [2.24, 2.45) is 0 Å². The average molecular weight is 313 g/mol. The van der Waals surface area contributed by atoms with E-state index in [1.165, 1.54) is 21.3 Å². The van der Waals surface area contributed by atoms with Gasteiger partial charge in [-0.25, -0.2) is 8.42 Å². The van der Waals surface area contributed by atoms with E-state index in [0.717, 1.165) is 0 Å². The number of hydrogen-bond donors (Lipinski definition) is 1. The quantitative estimate of drug-likeness (QED) is 0.796. The van der Waals surface area contributed by atoms with Crippen molar-refractivity contribution in [3.8, 4) is 0 Å². The van der Waals surface area contributed by atoms with E-state index in [0.29, 0.717) is 24.2 Å². The summed E-state index contributed by atoms with van der Waals surface area (Å²) in [6.45, 7) is 3.76. The van der Waals surface area contributed by atoms with E-state index in [4.69, 9.17) is 5.73 Å². The van der Waals surface area contributed by atoms with E-state index in [9.17, 15) is 13.2 Å². The van der Waals surface area contributed by atoms with E-state index < -0.39 is 10.0 Å². The molecule has 21 heavy (non-hydrogen) atoms. The molecule has 1 amide bonds. The molecule has 2 N–H and O–H groups in total. The fraction of sp³-hybridized carbons (Fsp3) is 0.500. The Hall–Kier alpha value is -1.60. The second-order valence-corrected chi connectivity index (χ2v) is 7.08. The van der Waals surface area contributed by atoms with E-state index >= 15 is 0 Å². The van der Waals surface area contributed by atoms with Gasteiger partial charge >= 0.3 is 0 Å². The zero-order valence-electron chi connectivity index (χ0n) is 13.0. The van der Waals surface area contributed by atoms with Crippen molar-refractivity contribution < 1.29 is 13.2 Å². The number of aryl methyl sites for hydroxylation is 1. The first-order chi connectivity index (χ1) is 9.70. The summed E-state index contributed by atoms with van der Waals surface area (Å²) in [6, 6.07) is 4.58. The largest absolute Gasteiger partial charge is 0.399 e. The fourth-order valence-corrected chi connectivity index (χ4v) is 3.35. The number of carbonyl (C=O) groups is 1. The third kappa shape index (κ3) is 4.18. The Kier molecular flexibility index (Phi) is 5.74. The van der Waals surface area contributed by atoms with Crippen LogP contribution in [0.2, 0.25) is 0 Å². The van der Waals surface area contributed by atoms with Crippen LogP contribution in [0.25, 0.3) is 0 Å². The first-order valence-corrected chi connectivity index (χ1v) is 8.20. The number of nitrogen functional groups attached to an aromatic ring is 1. The van der Waals surface area contributed by atoms with Crippen LogP contribution >= 0.6 is 0 Å². The summed E-state index contributed by atoms with van der Waals surface area (Å²) in [5.41, 5.74) is 6.96. The highest BCUT2D eigenvalue weighted by molar-refractivity contribution is 7.89. The number of nitrogens with two attached hydrogens (primary N) is 1. The molecule has 118 valence electrons. The molecule has 0 fully saturated rings. The van der Waals surface area contributed by atoms with Gasteiger partial charge in [0.05, 0.1) is 11.4 Å². The number of rotatable bonds is 6. The molecule has 0 aliphatic rings. The van der Waals surface area contributed by atoms with Crippen LogP contribution in [0.5, 0.6) is 0 Å². The molecule has 0 aromatic heterocycles. The first-order valence-electron chi connectivity index (χ1n) is 6.76. The monoisotopic (exact) mass is 313 g/mol. The minimum Gasteiger partial charge on any atom is -0.399 e. The molecule has 0 unspecified atom stereocenters. The highest BCUT2D eigenvalue weighted by Gasteiger charge is 2.26. The lowest BCUT2D eigenvalue weighted by Crippen LogP contribution is -2.40. The molecule has 0 atom stereocenters. The van der Waals surface area contributed by atoms with Gasteiger partial charge in [0.25, 0.3) is 0 Å². The fourth-order valence-electron chi connectivity index (χ4n) is 1.78. The van der Waals surface area contributed by atoms with E-state index in [1.54, 1.807) is 27.1 Å². The Balaban J connectivity index is 3.15. The second-order valence-electron chi connectivity index (χ2n) is 5.15. The van der Waals surface area contributed by atoms with Crippen molar-refractivity contribution in [3.63, 3.8) is 0 Å². The van der Waals surface area contributed by atoms with Gasteiger partial charge in [-0.3, -0.25) is 4.79 Å². The van der Waals surface area contributed by atoms with Crippen molar-refractivity contribution in [1.82, 2.24) is 9.21 Å². The normalized spacial score (nSPS) is 11.7. The van der Waals surface area contributed by atoms with Crippen LogP contribution in [0, 0.1) is 6.92 Å². The molecule has 1 rings (SSSR count). The van der Waals surface area contributed by atoms with Gasteiger partial charge in [-0.1, -0.05) is 6.92 Å². The van der Waals surface area contributed by atoms with Crippen LogP contribution in [-0.4, -0.2) is 50.7 Å². The minimum atomic E-state index is -3.70. The standard InChI is InChI=1S/C14H23N3O3S/c1-5-8-17(10-14(18)16(3)4)21(19,20)12-6-7-13(15)11(2)9-12/h6-7,9H,5,8,10,15H2,1-4H3. The third-order valence-corrected chi connectivity index (χ3v) is 5.00. The molecule has 0 aliphatic heterocycles. The maximum atomic E-state index is 12.7. The molecule has 0 heterocycles. The van der Waals surface area contributed by atoms with Crippen molar-refractivity contribution in [2.45, 2.75) is 25.2 Å². The molecule has 1 aromatic rings. The van der Waals surface area contributed by atoms with Crippen LogP contribution in [0.1, 0.15) is 18.9 Å². The number of likely N-dealkylation sites (N-methyl/N-ethyl adjacent to an activating group) is 1. The molecule has 0 spiro atoms. The lowest BCUT2D eigenvalue weighted by molar-refractivity contribution is -0.128. The predicted molar refractivity (Wildman–Crippen MR) is 83.3 cm³/mol. The minimum absolute atomic E-state index is 0.160. The third-order valence-electron chi connectivity index (χ3n) is 3.16. The topological polar surface area (TPSA) is 83.7 Å². The summed E-state index contributed by atoms with van der Waals surface area (Å²) < 4.78 is 26.5. The van der Waals surface area contributed by atoms with Gasteiger partial charge in [0.2, 0.25) is 15.9 Å². The molecular formula is C14H23N3O3S. The Bertz CT molecular complexity index is 612. The lowest BCUT2D eigenvalue weighted by Gasteiger charge is -2.23. The van der Waals surface area contributed by atoms with Crippen molar-refractivity contribution in [3.05, 3.63) is 23.8 Å². The van der Waals surface area contributed by atoms with Gasteiger partial charge in [0.15, 0.2) is 0 Å². The molecule has 0 saturated heterocycles. The summed E-state index contributed by atoms with van der Waals surface area (Å²) in [5.74, 6) is -0.251. The molecule has 6 nitrogen and oxygen atoms in total. The van der Waals surface area contributed by atoms with Crippen molar-refractivity contribution >= 4 is 21.6 Å². The molecule has 0 bridgehead atoms. The summed E-state index contributed by atoms with van der Waals surface area (Å²) in [4.78, 5) is 13.4. The Morgan fingerprint density at radius 1 is 1.29 bits per heavy atom. The Labute approximate surface area is 126 Å². The van der Waals surface area contributed by atoms with Crippen LogP contribution < -0.4 is 5.73 Å². The van der Waals surface area contributed by atoms with Gasteiger partial charge in [-0.15, -0.1) is 0 Å². The van der Waals surface area contributed by atoms with Crippen LogP contribution in [0.4, 0.5) is 5.69 Å². The molecule has 1 aromatic carbocycles. The van der Waals surface area contributed by atoms with Crippen LogP contribution in [-0.2, 0) is 14.8 Å². The van der Waals surface area contributed by atoms with Gasteiger partial charge in [0.1, 0.15) is 0 Å². The van der Waals surface area contributed by atoms with Gasteiger partial charge < -0.3 is 10.6 Å². The highest BCUT2D eigenvalue weighted by atomic mass is 32.2. The molecule has 0 radical (unpaired) electrons. The second kappa shape index (κ2) is 6.91. The number of amides is 1. The Morgan fingerprint density at radius 2 is 1.90 bits per heavy atom. The zero-order chi connectivity index (χ0) is 16.2. The lowest BCUT2D eigenvalue weighted by atomic mass is 10.2. The van der Waals surface area contributed by atoms with E-state index in [2.05, 4.69) is 0 Å². The summed E-state index contributed by atoms with van der Waals surface area (Å²) in [5, 5.41) is 0. The van der Waals surface area contributed by atoms with Crippen molar-refractivity contribution in [2.75, 3.05) is 32.9 Å². The Morgan fingerprint density at radius 3 is 2.38 bits per heavy atom. The summed E-state index contributed by atoms with van der Waals surface area (Å²) >= 11 is 0. The van der Waals surface area contributed by atoms with Gasteiger partial charge in [-0.2, -0.15) is 4.31 Å². The summed E-state index contributed by atoms with van der Waals surface area (Å²) in [7, 11) is -0.494. The smallest absolute Gasteiger partial charge is 0.243 e. The summed E-state index contributed by atoms with van der Waals surface area (Å²) in [6.07, 6.45) is 0.633. The maximum absolute atomic E-state index is 12.7. The van der Waals surface area contributed by atoms with Gasteiger partial charge in [-0.05, 0) is 37.1 Å². The average Bonchev–Trinajstić information content (AvgIpc) is 2.40. The molecule has 0 saturated carbocycles.